The minimum atomic E-state index is -0.349. The first-order chi connectivity index (χ1) is 16.5. The molecule has 0 aliphatic carbocycles. The number of halogens is 1. The van der Waals surface area contributed by atoms with Crippen LogP contribution >= 0.6 is 0 Å². The average Bonchev–Trinajstić information content (AvgIpc) is 3.30. The summed E-state index contributed by atoms with van der Waals surface area (Å²) < 4.78 is 24.4. The van der Waals surface area contributed by atoms with Crippen LogP contribution in [0.2, 0.25) is 0 Å². The van der Waals surface area contributed by atoms with Gasteiger partial charge in [0.2, 0.25) is 0 Å². The zero-order valence-electron chi connectivity index (χ0n) is 19.6. The molecule has 7 heteroatoms. The molecule has 3 aromatic rings. The van der Waals surface area contributed by atoms with Crippen molar-refractivity contribution in [2.75, 3.05) is 27.8 Å². The van der Waals surface area contributed by atoms with Crippen molar-refractivity contribution in [3.63, 3.8) is 0 Å². The summed E-state index contributed by atoms with van der Waals surface area (Å²) in [5, 5.41) is 6.22. The SMILES string of the molecule is COc1ccc([C@H]2CC(c3ccc(F)cc3)=NN2C(=O)CN(C)Cc2ccccc2)c(OC)c1. The fourth-order valence-corrected chi connectivity index (χ4v) is 4.15. The van der Waals surface area contributed by atoms with Gasteiger partial charge in [-0.25, -0.2) is 9.40 Å². The van der Waals surface area contributed by atoms with Crippen LogP contribution in [0.3, 0.4) is 0 Å². The molecule has 0 saturated heterocycles. The minimum Gasteiger partial charge on any atom is -0.497 e. The lowest BCUT2D eigenvalue weighted by Crippen LogP contribution is -2.36. The van der Waals surface area contributed by atoms with E-state index >= 15 is 0 Å². The predicted molar refractivity (Wildman–Crippen MR) is 129 cm³/mol. The topological polar surface area (TPSA) is 54.4 Å². The molecule has 0 bridgehead atoms. The molecular formula is C27H28FN3O3. The van der Waals surface area contributed by atoms with E-state index in [2.05, 4.69) is 5.10 Å². The van der Waals surface area contributed by atoms with E-state index in [1.54, 1.807) is 32.4 Å². The molecule has 1 amide bonds. The summed E-state index contributed by atoms with van der Waals surface area (Å²) in [6.45, 7) is 0.843. The Morgan fingerprint density at radius 1 is 1.06 bits per heavy atom. The summed E-state index contributed by atoms with van der Waals surface area (Å²) in [6.07, 6.45) is 0.489. The molecule has 1 atom stereocenters. The van der Waals surface area contributed by atoms with Crippen molar-refractivity contribution in [1.82, 2.24) is 9.91 Å². The van der Waals surface area contributed by atoms with Crippen LogP contribution in [0, 0.1) is 5.82 Å². The number of likely N-dealkylation sites (N-methyl/N-ethyl adjacent to an activating group) is 1. The standard InChI is InChI=1S/C27H28FN3O3/c1-30(17-19-7-5-4-6-8-19)18-27(32)31-25(23-14-13-22(33-2)15-26(23)34-3)16-24(29-31)20-9-11-21(28)12-10-20/h4-15,25H,16-18H2,1-3H3/t25-/m1/s1. The maximum Gasteiger partial charge on any atom is 0.257 e. The van der Waals surface area contributed by atoms with Gasteiger partial charge in [0.05, 0.1) is 32.5 Å². The lowest BCUT2D eigenvalue weighted by atomic mass is 9.97. The molecule has 0 spiro atoms. The van der Waals surface area contributed by atoms with E-state index < -0.39 is 0 Å². The maximum absolute atomic E-state index is 13.5. The van der Waals surface area contributed by atoms with Gasteiger partial charge in [-0.15, -0.1) is 0 Å². The van der Waals surface area contributed by atoms with E-state index in [0.29, 0.717) is 24.5 Å². The fraction of sp³-hybridized carbons (Fsp3) is 0.259. The van der Waals surface area contributed by atoms with Gasteiger partial charge in [-0.2, -0.15) is 5.10 Å². The summed E-state index contributed by atoms with van der Waals surface area (Å²) in [7, 11) is 5.10. The van der Waals surface area contributed by atoms with Crippen molar-refractivity contribution in [3.8, 4) is 11.5 Å². The Bertz CT molecular complexity index is 1170. The van der Waals surface area contributed by atoms with Crippen LogP contribution in [0.25, 0.3) is 0 Å². The van der Waals surface area contributed by atoms with Crippen molar-refractivity contribution < 1.29 is 18.7 Å². The normalized spacial score (nSPS) is 15.4. The molecule has 1 aliphatic heterocycles. The van der Waals surface area contributed by atoms with Crippen LogP contribution in [0.15, 0.2) is 77.9 Å². The molecule has 0 fully saturated rings. The molecular weight excluding hydrogens is 433 g/mol. The smallest absolute Gasteiger partial charge is 0.257 e. The largest absolute Gasteiger partial charge is 0.497 e. The van der Waals surface area contributed by atoms with Crippen LogP contribution < -0.4 is 9.47 Å². The molecule has 4 rings (SSSR count). The van der Waals surface area contributed by atoms with E-state index in [0.717, 1.165) is 22.4 Å². The van der Waals surface area contributed by atoms with E-state index in [4.69, 9.17) is 9.47 Å². The zero-order valence-corrected chi connectivity index (χ0v) is 19.6. The van der Waals surface area contributed by atoms with Crippen LogP contribution in [0.4, 0.5) is 4.39 Å². The first kappa shape index (κ1) is 23.4. The molecule has 3 aromatic carbocycles. The number of carbonyl (C=O) groups is 1. The Kier molecular flexibility index (Phi) is 7.23. The van der Waals surface area contributed by atoms with Gasteiger partial charge in [-0.3, -0.25) is 9.69 Å². The van der Waals surface area contributed by atoms with Crippen molar-refractivity contribution in [2.24, 2.45) is 5.10 Å². The van der Waals surface area contributed by atoms with Crippen LogP contribution in [-0.2, 0) is 11.3 Å². The van der Waals surface area contributed by atoms with Gasteiger partial charge in [0.25, 0.3) is 5.91 Å². The first-order valence-electron chi connectivity index (χ1n) is 11.1. The number of methoxy groups -OCH3 is 2. The second kappa shape index (κ2) is 10.5. The number of hydrogen-bond donors (Lipinski definition) is 0. The Morgan fingerprint density at radius 2 is 1.79 bits per heavy atom. The van der Waals surface area contributed by atoms with Gasteiger partial charge in [0, 0.05) is 24.6 Å². The van der Waals surface area contributed by atoms with Gasteiger partial charge in [0.1, 0.15) is 17.3 Å². The summed E-state index contributed by atoms with van der Waals surface area (Å²) in [4.78, 5) is 15.4. The quantitative estimate of drug-likeness (QED) is 0.490. The third-order valence-corrected chi connectivity index (χ3v) is 5.84. The number of ether oxygens (including phenoxy) is 2. The number of benzene rings is 3. The highest BCUT2D eigenvalue weighted by Crippen LogP contribution is 2.39. The third kappa shape index (κ3) is 5.26. The van der Waals surface area contributed by atoms with Crippen molar-refractivity contribution in [2.45, 2.75) is 19.0 Å². The zero-order chi connectivity index (χ0) is 24.1. The molecule has 0 saturated carbocycles. The lowest BCUT2D eigenvalue weighted by Gasteiger charge is -2.26. The van der Waals surface area contributed by atoms with Gasteiger partial charge in [0.15, 0.2) is 0 Å². The monoisotopic (exact) mass is 461 g/mol. The highest BCUT2D eigenvalue weighted by molar-refractivity contribution is 6.03. The molecule has 1 aliphatic rings. The lowest BCUT2D eigenvalue weighted by molar-refractivity contribution is -0.134. The highest BCUT2D eigenvalue weighted by atomic mass is 19.1. The third-order valence-electron chi connectivity index (χ3n) is 5.84. The second-order valence-electron chi connectivity index (χ2n) is 8.28. The Hall–Kier alpha value is -3.71. The number of hydrogen-bond acceptors (Lipinski definition) is 5. The highest BCUT2D eigenvalue weighted by Gasteiger charge is 2.35. The molecule has 34 heavy (non-hydrogen) atoms. The molecule has 0 radical (unpaired) electrons. The summed E-state index contributed by atoms with van der Waals surface area (Å²) >= 11 is 0. The summed E-state index contributed by atoms with van der Waals surface area (Å²) in [5.41, 5.74) is 3.47. The van der Waals surface area contributed by atoms with Crippen molar-refractivity contribution in [3.05, 3.63) is 95.3 Å². The number of nitrogens with zero attached hydrogens (tertiary/aromatic N) is 3. The summed E-state index contributed by atoms with van der Waals surface area (Å²) in [5.74, 6) is 0.846. The van der Waals surface area contributed by atoms with Gasteiger partial charge in [-0.1, -0.05) is 42.5 Å². The van der Waals surface area contributed by atoms with E-state index in [9.17, 15) is 9.18 Å². The molecule has 0 unspecified atom stereocenters. The van der Waals surface area contributed by atoms with Crippen LogP contribution in [0.1, 0.15) is 29.2 Å². The molecule has 6 nitrogen and oxygen atoms in total. The van der Waals surface area contributed by atoms with Gasteiger partial charge >= 0.3 is 0 Å². The maximum atomic E-state index is 13.5. The average molecular weight is 462 g/mol. The fourth-order valence-electron chi connectivity index (χ4n) is 4.15. The Balaban J connectivity index is 1.62. The predicted octanol–water partition coefficient (Wildman–Crippen LogP) is 4.65. The summed E-state index contributed by atoms with van der Waals surface area (Å²) in [6, 6.07) is 21.4. The first-order valence-corrected chi connectivity index (χ1v) is 11.1. The number of amides is 1. The molecule has 0 N–H and O–H groups in total. The van der Waals surface area contributed by atoms with E-state index in [-0.39, 0.29) is 24.3 Å². The Morgan fingerprint density at radius 3 is 2.47 bits per heavy atom. The number of carbonyl (C=O) groups excluding carboxylic acids is 1. The number of rotatable bonds is 8. The Labute approximate surface area is 199 Å². The molecule has 176 valence electrons. The minimum absolute atomic E-state index is 0.126. The number of hydrazone groups is 1. The molecule has 0 aromatic heterocycles. The van der Waals surface area contributed by atoms with Gasteiger partial charge in [-0.05, 0) is 42.4 Å². The second-order valence-corrected chi connectivity index (χ2v) is 8.28. The van der Waals surface area contributed by atoms with E-state index in [1.807, 2.05) is 54.4 Å². The molecule has 1 heterocycles. The van der Waals surface area contributed by atoms with E-state index in [1.165, 1.54) is 17.1 Å². The van der Waals surface area contributed by atoms with Crippen molar-refractivity contribution in [1.29, 1.82) is 0 Å². The van der Waals surface area contributed by atoms with Gasteiger partial charge < -0.3 is 9.47 Å². The van der Waals surface area contributed by atoms with Crippen LogP contribution in [0.5, 0.6) is 11.5 Å². The van der Waals surface area contributed by atoms with Crippen molar-refractivity contribution >= 4 is 11.6 Å². The van der Waals surface area contributed by atoms with Crippen LogP contribution in [-0.4, -0.2) is 49.3 Å².